The van der Waals surface area contributed by atoms with E-state index in [0.717, 1.165) is 11.3 Å². The third kappa shape index (κ3) is 5.97. The Labute approximate surface area is 173 Å². The fourth-order valence-corrected chi connectivity index (χ4v) is 3.84. The Bertz CT molecular complexity index is 760. The Hall–Kier alpha value is -2.05. The Balaban J connectivity index is 2.12. The van der Waals surface area contributed by atoms with Crippen LogP contribution in [0.2, 0.25) is 0 Å². The quantitative estimate of drug-likeness (QED) is 0.680. The molecule has 3 atom stereocenters. The number of Topliss-reactive ketones (excluding diaryl/α,β-unsaturated/α-hetero) is 3. The van der Waals surface area contributed by atoms with Gasteiger partial charge in [0, 0.05) is 12.5 Å². The molecule has 2 unspecified atom stereocenters. The maximum absolute atomic E-state index is 12.9. The first-order valence-electron chi connectivity index (χ1n) is 10.1. The number of carbonyl (C=O) groups excluding carboxylic acids is 3. The molecular formula is C23H33NO5. The highest BCUT2D eigenvalue weighted by Crippen LogP contribution is 2.35. The maximum atomic E-state index is 12.9. The van der Waals surface area contributed by atoms with Crippen LogP contribution in [0, 0.1) is 11.3 Å². The van der Waals surface area contributed by atoms with Crippen LogP contribution < -0.4 is 10.1 Å². The SMILES string of the molecule is CC(=O)C1C(=O)CC(C)(C)C(N[C@H](CO)Cc2ccc(OC(C)(C)C)cc2)C1=O. The zero-order valence-electron chi connectivity index (χ0n) is 18.2. The van der Waals surface area contributed by atoms with Crippen LogP contribution in [-0.4, -0.2) is 46.7 Å². The first-order valence-corrected chi connectivity index (χ1v) is 10.1. The lowest BCUT2D eigenvalue weighted by molar-refractivity contribution is -0.147. The van der Waals surface area contributed by atoms with Crippen molar-refractivity contribution < 1.29 is 24.2 Å². The number of aliphatic hydroxyl groups is 1. The van der Waals surface area contributed by atoms with Crippen molar-refractivity contribution in [2.75, 3.05) is 6.61 Å². The van der Waals surface area contributed by atoms with Crippen molar-refractivity contribution in [3.63, 3.8) is 0 Å². The van der Waals surface area contributed by atoms with E-state index in [1.165, 1.54) is 6.92 Å². The van der Waals surface area contributed by atoms with E-state index < -0.39 is 28.9 Å². The van der Waals surface area contributed by atoms with Crippen LogP contribution in [0.1, 0.15) is 53.5 Å². The number of aliphatic hydroxyl groups excluding tert-OH is 1. The van der Waals surface area contributed by atoms with E-state index >= 15 is 0 Å². The summed E-state index contributed by atoms with van der Waals surface area (Å²) in [5, 5.41) is 13.1. The van der Waals surface area contributed by atoms with Crippen molar-refractivity contribution in [1.29, 1.82) is 0 Å². The van der Waals surface area contributed by atoms with Crippen LogP contribution in [-0.2, 0) is 20.8 Å². The number of nitrogens with one attached hydrogen (secondary N) is 1. The van der Waals surface area contributed by atoms with Crippen molar-refractivity contribution in [3.8, 4) is 5.75 Å². The van der Waals surface area contributed by atoms with Crippen LogP contribution in [0.3, 0.4) is 0 Å². The largest absolute Gasteiger partial charge is 0.488 e. The molecule has 160 valence electrons. The van der Waals surface area contributed by atoms with Crippen molar-refractivity contribution in [2.45, 2.75) is 72.1 Å². The Kier molecular flexibility index (Phi) is 7.01. The van der Waals surface area contributed by atoms with Gasteiger partial charge in [-0.3, -0.25) is 14.4 Å². The fraction of sp³-hybridized carbons (Fsp3) is 0.609. The van der Waals surface area contributed by atoms with Crippen molar-refractivity contribution >= 4 is 17.3 Å². The number of benzene rings is 1. The van der Waals surface area contributed by atoms with Crippen LogP contribution in [0.5, 0.6) is 5.75 Å². The Morgan fingerprint density at radius 1 is 1.24 bits per heavy atom. The van der Waals surface area contributed by atoms with Gasteiger partial charge in [0.2, 0.25) is 0 Å². The molecule has 1 aliphatic rings. The topological polar surface area (TPSA) is 92.7 Å². The molecule has 0 radical (unpaired) electrons. The highest BCUT2D eigenvalue weighted by Gasteiger charge is 2.49. The minimum absolute atomic E-state index is 0.150. The number of carbonyl (C=O) groups is 3. The van der Waals surface area contributed by atoms with Gasteiger partial charge < -0.3 is 15.2 Å². The van der Waals surface area contributed by atoms with E-state index in [9.17, 15) is 19.5 Å². The summed E-state index contributed by atoms with van der Waals surface area (Å²) < 4.78 is 5.82. The lowest BCUT2D eigenvalue weighted by Crippen LogP contribution is -2.60. The lowest BCUT2D eigenvalue weighted by Gasteiger charge is -2.41. The summed E-state index contributed by atoms with van der Waals surface area (Å²) in [6, 6.07) is 6.58. The standard InChI is InChI=1S/C23H33NO5/c1-14(26)19-18(27)12-23(5,6)21(20(19)28)24-16(13-25)11-15-7-9-17(10-8-15)29-22(2,3)4/h7-10,16,19,21,24-25H,11-13H2,1-6H3/t16-,19?,21?/m0/s1. The minimum atomic E-state index is -1.20. The number of ketones is 3. The van der Waals surface area contributed by atoms with E-state index in [1.807, 2.05) is 58.9 Å². The molecule has 0 spiro atoms. The molecule has 0 heterocycles. The maximum Gasteiger partial charge on any atom is 0.168 e. The summed E-state index contributed by atoms with van der Waals surface area (Å²) in [5.41, 5.74) is 0.0739. The second-order valence-electron chi connectivity index (χ2n) is 9.62. The first-order chi connectivity index (χ1) is 13.3. The molecular weight excluding hydrogens is 370 g/mol. The summed E-state index contributed by atoms with van der Waals surface area (Å²) in [7, 11) is 0. The Morgan fingerprint density at radius 2 is 1.83 bits per heavy atom. The second kappa shape index (κ2) is 8.76. The predicted molar refractivity (Wildman–Crippen MR) is 111 cm³/mol. The van der Waals surface area contributed by atoms with Crippen molar-refractivity contribution in [1.82, 2.24) is 5.32 Å². The van der Waals surface area contributed by atoms with Crippen LogP contribution in [0.15, 0.2) is 24.3 Å². The van der Waals surface area contributed by atoms with Crippen molar-refractivity contribution in [2.24, 2.45) is 11.3 Å². The number of rotatable bonds is 7. The molecule has 29 heavy (non-hydrogen) atoms. The van der Waals surface area contributed by atoms with E-state index in [4.69, 9.17) is 4.74 Å². The van der Waals surface area contributed by atoms with Gasteiger partial charge in [-0.05, 0) is 57.2 Å². The smallest absolute Gasteiger partial charge is 0.168 e. The fourth-order valence-electron chi connectivity index (χ4n) is 3.84. The normalized spacial score (nSPS) is 23.0. The number of hydrogen-bond acceptors (Lipinski definition) is 6. The minimum Gasteiger partial charge on any atom is -0.488 e. The molecule has 0 saturated heterocycles. The monoisotopic (exact) mass is 403 g/mol. The van der Waals surface area contributed by atoms with Crippen LogP contribution in [0.25, 0.3) is 0 Å². The zero-order valence-corrected chi connectivity index (χ0v) is 18.2. The van der Waals surface area contributed by atoms with E-state index in [-0.39, 0.29) is 30.5 Å². The number of hydrogen-bond donors (Lipinski definition) is 2. The van der Waals surface area contributed by atoms with E-state index in [2.05, 4.69) is 5.32 Å². The van der Waals surface area contributed by atoms with E-state index in [0.29, 0.717) is 6.42 Å². The molecule has 2 N–H and O–H groups in total. The van der Waals surface area contributed by atoms with E-state index in [1.54, 1.807) is 0 Å². The second-order valence-corrected chi connectivity index (χ2v) is 9.62. The van der Waals surface area contributed by atoms with Gasteiger partial charge in [0.15, 0.2) is 11.6 Å². The molecule has 0 aliphatic heterocycles. The van der Waals surface area contributed by atoms with Crippen molar-refractivity contribution in [3.05, 3.63) is 29.8 Å². The molecule has 1 aromatic carbocycles. The molecule has 1 aromatic rings. The Morgan fingerprint density at radius 3 is 2.31 bits per heavy atom. The van der Waals surface area contributed by atoms with Gasteiger partial charge in [-0.2, -0.15) is 0 Å². The molecule has 1 saturated carbocycles. The van der Waals surface area contributed by atoms with Crippen LogP contribution >= 0.6 is 0 Å². The van der Waals surface area contributed by atoms with Gasteiger partial charge in [0.1, 0.15) is 23.1 Å². The average molecular weight is 404 g/mol. The summed E-state index contributed by atoms with van der Waals surface area (Å²) in [6.45, 7) is 10.7. The third-order valence-corrected chi connectivity index (χ3v) is 5.16. The highest BCUT2D eigenvalue weighted by atomic mass is 16.5. The van der Waals surface area contributed by atoms with Gasteiger partial charge >= 0.3 is 0 Å². The van der Waals surface area contributed by atoms with Gasteiger partial charge in [-0.15, -0.1) is 0 Å². The summed E-state index contributed by atoms with van der Waals surface area (Å²) >= 11 is 0. The highest BCUT2D eigenvalue weighted by molar-refractivity contribution is 6.22. The van der Waals surface area contributed by atoms with Gasteiger partial charge in [0.05, 0.1) is 12.6 Å². The summed E-state index contributed by atoms with van der Waals surface area (Å²) in [4.78, 5) is 36.9. The molecule has 0 amide bonds. The summed E-state index contributed by atoms with van der Waals surface area (Å²) in [5.74, 6) is -1.57. The summed E-state index contributed by atoms with van der Waals surface area (Å²) in [6.07, 6.45) is 0.655. The molecule has 6 heteroatoms. The molecule has 6 nitrogen and oxygen atoms in total. The first kappa shape index (κ1) is 23.2. The number of ether oxygens (including phenoxy) is 1. The molecule has 1 aliphatic carbocycles. The molecule has 0 aromatic heterocycles. The zero-order chi connectivity index (χ0) is 22.0. The van der Waals surface area contributed by atoms with Crippen LogP contribution in [0.4, 0.5) is 0 Å². The lowest BCUT2D eigenvalue weighted by atomic mass is 9.66. The molecule has 0 bridgehead atoms. The third-order valence-electron chi connectivity index (χ3n) is 5.16. The predicted octanol–water partition coefficient (Wildman–Crippen LogP) is 2.50. The van der Waals surface area contributed by atoms with Gasteiger partial charge in [0.25, 0.3) is 0 Å². The van der Waals surface area contributed by atoms with Gasteiger partial charge in [-0.25, -0.2) is 0 Å². The average Bonchev–Trinajstić information content (AvgIpc) is 2.56. The molecule has 1 fully saturated rings. The van der Waals surface area contributed by atoms with Gasteiger partial charge in [-0.1, -0.05) is 26.0 Å². The molecule has 2 rings (SSSR count).